The summed E-state index contributed by atoms with van der Waals surface area (Å²) in [6, 6.07) is 9.84. The molecule has 76 valence electrons. The molecule has 2 heteroatoms. The van der Waals surface area contributed by atoms with E-state index in [0.29, 0.717) is 0 Å². The number of hydrogen-bond donors (Lipinski definition) is 0. The van der Waals surface area contributed by atoms with Crippen LogP contribution in [-0.4, -0.2) is 10.5 Å². The van der Waals surface area contributed by atoms with E-state index in [2.05, 4.69) is 10.9 Å². The molecule has 1 aliphatic rings. The highest BCUT2D eigenvalue weighted by Gasteiger charge is 2.15. The van der Waals surface area contributed by atoms with Crippen LogP contribution in [0.4, 0.5) is 0 Å². The van der Waals surface area contributed by atoms with Gasteiger partial charge in [-0.2, -0.15) is 4.79 Å². The van der Waals surface area contributed by atoms with Crippen molar-refractivity contribution in [2.24, 2.45) is 0 Å². The molecule has 0 bridgehead atoms. The minimum absolute atomic E-state index is 0.767. The summed E-state index contributed by atoms with van der Waals surface area (Å²) in [5.41, 5.74) is 12.2. The highest BCUT2D eigenvalue weighted by atomic mass is 14.9. The Labute approximate surface area is 89.9 Å². The van der Waals surface area contributed by atoms with Gasteiger partial charge in [0, 0.05) is 0 Å². The standard InChI is InChI=1S/C13H14N2/c14-15-13(10-11-6-4-5-7-11)12-8-2-1-3-9-12/h1-3,6,8-9H,4-5,7,10H2. The second-order valence-electron chi connectivity index (χ2n) is 3.84. The van der Waals surface area contributed by atoms with Crippen LogP contribution < -0.4 is 0 Å². The van der Waals surface area contributed by atoms with Gasteiger partial charge in [-0.3, -0.25) is 0 Å². The Morgan fingerprint density at radius 1 is 1.27 bits per heavy atom. The normalized spacial score (nSPS) is 14.5. The predicted octanol–water partition coefficient (Wildman–Crippen LogP) is 3.21. The molecule has 0 N–H and O–H groups in total. The van der Waals surface area contributed by atoms with Gasteiger partial charge in [-0.25, -0.2) is 0 Å². The SMILES string of the molecule is [N-]=[N+]=C(CC1=CCCC1)c1ccccc1. The smallest absolute Gasteiger partial charge is 0.303 e. The van der Waals surface area contributed by atoms with Crippen molar-refractivity contribution in [3.8, 4) is 0 Å². The third-order valence-corrected chi connectivity index (χ3v) is 2.76. The fourth-order valence-electron chi connectivity index (χ4n) is 1.94. The van der Waals surface area contributed by atoms with Gasteiger partial charge in [0.1, 0.15) is 0 Å². The molecule has 0 radical (unpaired) electrons. The van der Waals surface area contributed by atoms with Crippen molar-refractivity contribution < 1.29 is 4.79 Å². The third kappa shape index (κ3) is 2.42. The Kier molecular flexibility index (Phi) is 3.11. The van der Waals surface area contributed by atoms with Crippen LogP contribution in [0.2, 0.25) is 0 Å². The maximum Gasteiger partial charge on any atom is 0.303 e. The third-order valence-electron chi connectivity index (χ3n) is 2.76. The number of rotatable bonds is 3. The zero-order valence-electron chi connectivity index (χ0n) is 8.69. The van der Waals surface area contributed by atoms with Crippen molar-refractivity contribution in [1.29, 1.82) is 0 Å². The monoisotopic (exact) mass is 198 g/mol. The Morgan fingerprint density at radius 2 is 2.07 bits per heavy atom. The Hall–Kier alpha value is -1.66. The van der Waals surface area contributed by atoms with Gasteiger partial charge in [0.05, 0.1) is 12.0 Å². The van der Waals surface area contributed by atoms with Crippen molar-refractivity contribution in [2.75, 3.05) is 0 Å². The molecule has 0 saturated carbocycles. The molecule has 1 aromatic carbocycles. The summed E-state index contributed by atoms with van der Waals surface area (Å²) in [6.07, 6.45) is 6.59. The minimum atomic E-state index is 0.767. The molecular weight excluding hydrogens is 184 g/mol. The zero-order valence-corrected chi connectivity index (χ0v) is 8.69. The number of nitrogens with zero attached hydrogens (tertiary/aromatic N) is 2. The molecule has 0 aromatic heterocycles. The average Bonchev–Trinajstić information content (AvgIpc) is 2.80. The van der Waals surface area contributed by atoms with Crippen molar-refractivity contribution in [3.63, 3.8) is 0 Å². The fraction of sp³-hybridized carbons (Fsp3) is 0.308. The topological polar surface area (TPSA) is 36.4 Å². The van der Waals surface area contributed by atoms with E-state index in [1.807, 2.05) is 30.3 Å². The lowest BCUT2D eigenvalue weighted by Gasteiger charge is -1.97. The quantitative estimate of drug-likeness (QED) is 0.309. The van der Waals surface area contributed by atoms with Gasteiger partial charge in [-0.15, -0.1) is 0 Å². The summed E-state index contributed by atoms with van der Waals surface area (Å²) < 4.78 is 0. The van der Waals surface area contributed by atoms with Crippen LogP contribution in [0.1, 0.15) is 31.2 Å². The van der Waals surface area contributed by atoms with E-state index in [-0.39, 0.29) is 0 Å². The molecule has 0 saturated heterocycles. The Morgan fingerprint density at radius 3 is 2.67 bits per heavy atom. The number of allylic oxidation sites excluding steroid dienone is 2. The summed E-state index contributed by atoms with van der Waals surface area (Å²) in [7, 11) is 0. The van der Waals surface area contributed by atoms with E-state index in [1.165, 1.54) is 18.4 Å². The number of benzene rings is 1. The van der Waals surface area contributed by atoms with E-state index in [0.717, 1.165) is 24.1 Å². The number of hydrogen-bond acceptors (Lipinski definition) is 0. The molecule has 0 spiro atoms. The van der Waals surface area contributed by atoms with E-state index < -0.39 is 0 Å². The van der Waals surface area contributed by atoms with Crippen LogP contribution in [0.15, 0.2) is 42.0 Å². The first-order valence-electron chi connectivity index (χ1n) is 5.34. The van der Waals surface area contributed by atoms with Gasteiger partial charge in [0.15, 0.2) is 0 Å². The second kappa shape index (κ2) is 4.72. The first-order valence-corrected chi connectivity index (χ1v) is 5.34. The summed E-state index contributed by atoms with van der Waals surface area (Å²) in [5.74, 6) is 0. The van der Waals surface area contributed by atoms with Crippen molar-refractivity contribution in [2.45, 2.75) is 25.7 Å². The lowest BCUT2D eigenvalue weighted by molar-refractivity contribution is -0.00621. The van der Waals surface area contributed by atoms with Crippen LogP contribution in [0, 0.1) is 0 Å². The van der Waals surface area contributed by atoms with E-state index >= 15 is 0 Å². The molecular formula is C13H14N2. The largest absolute Gasteiger partial charge is 0.361 e. The summed E-state index contributed by atoms with van der Waals surface area (Å²) in [4.78, 5) is 3.40. The van der Waals surface area contributed by atoms with Crippen LogP contribution in [0.25, 0.3) is 5.53 Å². The summed E-state index contributed by atoms with van der Waals surface area (Å²) >= 11 is 0. The molecule has 1 aromatic rings. The molecule has 0 heterocycles. The molecule has 0 atom stereocenters. The average molecular weight is 198 g/mol. The predicted molar refractivity (Wildman–Crippen MR) is 60.7 cm³/mol. The zero-order chi connectivity index (χ0) is 10.5. The van der Waals surface area contributed by atoms with Gasteiger partial charge in [0.25, 0.3) is 0 Å². The van der Waals surface area contributed by atoms with E-state index in [1.54, 1.807) is 0 Å². The van der Waals surface area contributed by atoms with Gasteiger partial charge in [-0.05, 0) is 31.4 Å². The van der Waals surface area contributed by atoms with Crippen LogP contribution >= 0.6 is 0 Å². The highest BCUT2D eigenvalue weighted by Crippen LogP contribution is 2.22. The molecule has 0 fully saturated rings. The van der Waals surface area contributed by atoms with Crippen LogP contribution in [-0.2, 0) is 0 Å². The van der Waals surface area contributed by atoms with Crippen LogP contribution in [0.3, 0.4) is 0 Å². The second-order valence-corrected chi connectivity index (χ2v) is 3.84. The Balaban J connectivity index is 2.16. The molecule has 0 amide bonds. The lowest BCUT2D eigenvalue weighted by atomic mass is 10.0. The van der Waals surface area contributed by atoms with Crippen LogP contribution in [0.5, 0.6) is 0 Å². The first-order chi connectivity index (χ1) is 7.40. The van der Waals surface area contributed by atoms with Gasteiger partial charge >= 0.3 is 5.71 Å². The maximum atomic E-state index is 9.00. The minimum Gasteiger partial charge on any atom is -0.361 e. The molecule has 2 nitrogen and oxygen atoms in total. The molecule has 0 unspecified atom stereocenters. The van der Waals surface area contributed by atoms with Gasteiger partial charge in [0.2, 0.25) is 0 Å². The summed E-state index contributed by atoms with van der Waals surface area (Å²) in [5, 5.41) is 0. The van der Waals surface area contributed by atoms with Crippen molar-refractivity contribution >= 4 is 5.71 Å². The fourth-order valence-corrected chi connectivity index (χ4v) is 1.94. The first kappa shape index (κ1) is 9.88. The van der Waals surface area contributed by atoms with Crippen molar-refractivity contribution in [3.05, 3.63) is 53.1 Å². The molecule has 2 rings (SSSR count). The molecule has 15 heavy (non-hydrogen) atoms. The molecule has 0 aliphatic heterocycles. The van der Waals surface area contributed by atoms with E-state index in [4.69, 9.17) is 5.53 Å². The van der Waals surface area contributed by atoms with Gasteiger partial charge in [-0.1, -0.05) is 29.8 Å². The van der Waals surface area contributed by atoms with Crippen molar-refractivity contribution in [1.82, 2.24) is 0 Å². The van der Waals surface area contributed by atoms with Gasteiger partial charge < -0.3 is 5.53 Å². The maximum absolute atomic E-state index is 9.00. The highest BCUT2D eigenvalue weighted by molar-refractivity contribution is 5.97. The Bertz CT molecular complexity index is 411. The lowest BCUT2D eigenvalue weighted by Crippen LogP contribution is -2.02. The summed E-state index contributed by atoms with van der Waals surface area (Å²) in [6.45, 7) is 0. The molecule has 1 aliphatic carbocycles. The van der Waals surface area contributed by atoms with E-state index in [9.17, 15) is 0 Å².